The van der Waals surface area contributed by atoms with Gasteiger partial charge >= 0.3 is 0 Å². The molecule has 0 N–H and O–H groups in total. The Morgan fingerprint density at radius 3 is 2.44 bits per heavy atom. The van der Waals surface area contributed by atoms with Crippen LogP contribution in [0.25, 0.3) is 0 Å². The molecule has 0 aliphatic carbocycles. The zero-order chi connectivity index (χ0) is 13.0. The highest BCUT2D eigenvalue weighted by Gasteiger charge is 2.03. The summed E-state index contributed by atoms with van der Waals surface area (Å²) in [5.74, 6) is -0.950. The molecule has 0 aliphatic heterocycles. The summed E-state index contributed by atoms with van der Waals surface area (Å²) in [7, 11) is 0. The summed E-state index contributed by atoms with van der Waals surface area (Å²) in [6.07, 6.45) is 0. The summed E-state index contributed by atoms with van der Waals surface area (Å²) in [5, 5.41) is 11.5. The van der Waals surface area contributed by atoms with Crippen molar-refractivity contribution in [2.75, 3.05) is 0 Å². The van der Waals surface area contributed by atoms with Crippen LogP contribution in [0.4, 0.5) is 0 Å². The fourth-order valence-corrected chi connectivity index (χ4v) is 1.63. The molecule has 2 aromatic rings. The lowest BCUT2D eigenvalue weighted by Gasteiger charge is -2.11. The van der Waals surface area contributed by atoms with E-state index < -0.39 is 5.97 Å². The summed E-state index contributed by atoms with van der Waals surface area (Å²) in [4.78, 5) is 10.9. The van der Waals surface area contributed by atoms with Gasteiger partial charge in [0.1, 0.15) is 12.4 Å². The lowest BCUT2D eigenvalue weighted by Crippen LogP contribution is -2.23. The van der Waals surface area contributed by atoms with Gasteiger partial charge in [0, 0.05) is 10.6 Å². The third-order valence-corrected chi connectivity index (χ3v) is 2.67. The molecular weight excluding hydrogens is 252 g/mol. The smallest absolute Gasteiger partial charge is 0.128 e. The van der Waals surface area contributed by atoms with Crippen LogP contribution in [0.15, 0.2) is 48.5 Å². The van der Waals surface area contributed by atoms with E-state index in [4.69, 9.17) is 16.3 Å². The minimum absolute atomic E-state index is 0.0477. The second kappa shape index (κ2) is 5.56. The first-order chi connectivity index (χ1) is 8.66. The van der Waals surface area contributed by atoms with Crippen LogP contribution in [0.2, 0.25) is 5.02 Å². The number of aromatic carboxylic acids is 1. The van der Waals surface area contributed by atoms with Crippen molar-refractivity contribution >= 4 is 17.6 Å². The van der Waals surface area contributed by atoms with Gasteiger partial charge in [-0.3, -0.25) is 0 Å². The largest absolute Gasteiger partial charge is 0.545 e. The third-order valence-electron chi connectivity index (χ3n) is 2.41. The molecule has 0 fully saturated rings. The number of para-hydroxylation sites is 1. The van der Waals surface area contributed by atoms with Gasteiger partial charge in [-0.1, -0.05) is 35.9 Å². The quantitative estimate of drug-likeness (QED) is 0.848. The summed E-state index contributed by atoms with van der Waals surface area (Å²) in [6, 6.07) is 13.5. The zero-order valence-corrected chi connectivity index (χ0v) is 10.2. The van der Waals surface area contributed by atoms with Crippen LogP contribution in [-0.2, 0) is 6.61 Å². The first kappa shape index (κ1) is 12.5. The van der Waals surface area contributed by atoms with E-state index in [2.05, 4.69) is 0 Å². The normalized spacial score (nSPS) is 10.1. The van der Waals surface area contributed by atoms with Crippen molar-refractivity contribution in [2.24, 2.45) is 0 Å². The molecule has 0 amide bonds. The van der Waals surface area contributed by atoms with Crippen LogP contribution in [0.3, 0.4) is 0 Å². The average molecular weight is 262 g/mol. The van der Waals surface area contributed by atoms with E-state index in [1.54, 1.807) is 30.3 Å². The standard InChI is InChI=1S/C14H11ClO3/c15-11-7-5-10(6-8-11)9-18-13-4-2-1-3-12(13)14(16)17/h1-8H,9H2,(H,16,17)/p-1. The molecule has 0 aliphatic rings. The number of rotatable bonds is 4. The summed E-state index contributed by atoms with van der Waals surface area (Å²) < 4.78 is 5.46. The van der Waals surface area contributed by atoms with Gasteiger partial charge in [0.05, 0.1) is 5.97 Å². The van der Waals surface area contributed by atoms with Crippen LogP contribution in [0, 0.1) is 0 Å². The average Bonchev–Trinajstić information content (AvgIpc) is 2.38. The number of carboxylic acid groups (broad SMARTS) is 1. The molecule has 0 bridgehead atoms. The molecule has 0 saturated heterocycles. The van der Waals surface area contributed by atoms with Gasteiger partial charge in [0.25, 0.3) is 0 Å². The molecule has 0 unspecified atom stereocenters. The van der Waals surface area contributed by atoms with Crippen LogP contribution in [-0.4, -0.2) is 5.97 Å². The number of carbonyl (C=O) groups excluding carboxylic acids is 1. The molecule has 0 atom stereocenters. The molecule has 0 saturated carbocycles. The van der Waals surface area contributed by atoms with Gasteiger partial charge in [-0.2, -0.15) is 0 Å². The van der Waals surface area contributed by atoms with Crippen molar-refractivity contribution in [2.45, 2.75) is 6.61 Å². The first-order valence-electron chi connectivity index (χ1n) is 5.34. The Bertz CT molecular complexity index is 549. The molecule has 18 heavy (non-hydrogen) atoms. The molecule has 0 spiro atoms. The Hall–Kier alpha value is -2.00. The van der Waals surface area contributed by atoms with Crippen molar-refractivity contribution < 1.29 is 14.6 Å². The van der Waals surface area contributed by atoms with Gasteiger partial charge in [-0.15, -0.1) is 0 Å². The number of hydrogen-bond acceptors (Lipinski definition) is 3. The van der Waals surface area contributed by atoms with Crippen LogP contribution < -0.4 is 9.84 Å². The summed E-state index contributed by atoms with van der Waals surface area (Å²) in [5.41, 5.74) is 0.957. The molecule has 2 rings (SSSR count). The van der Waals surface area contributed by atoms with Crippen molar-refractivity contribution in [1.82, 2.24) is 0 Å². The van der Waals surface area contributed by atoms with E-state index in [1.165, 1.54) is 6.07 Å². The minimum Gasteiger partial charge on any atom is -0.545 e. The number of halogens is 1. The number of benzene rings is 2. The van der Waals surface area contributed by atoms with Gasteiger partial charge in [-0.05, 0) is 29.8 Å². The maximum absolute atomic E-state index is 10.9. The van der Waals surface area contributed by atoms with E-state index in [0.29, 0.717) is 10.8 Å². The van der Waals surface area contributed by atoms with E-state index in [0.717, 1.165) is 5.56 Å². The number of carbonyl (C=O) groups is 1. The monoisotopic (exact) mass is 261 g/mol. The molecule has 4 heteroatoms. The molecule has 0 radical (unpaired) electrons. The highest BCUT2D eigenvalue weighted by Crippen LogP contribution is 2.19. The maximum atomic E-state index is 10.9. The van der Waals surface area contributed by atoms with E-state index in [9.17, 15) is 9.90 Å². The second-order valence-corrected chi connectivity index (χ2v) is 4.14. The zero-order valence-electron chi connectivity index (χ0n) is 9.43. The first-order valence-corrected chi connectivity index (χ1v) is 5.72. The fraction of sp³-hybridized carbons (Fsp3) is 0.0714. The topological polar surface area (TPSA) is 49.4 Å². The van der Waals surface area contributed by atoms with Crippen LogP contribution in [0.5, 0.6) is 5.75 Å². The van der Waals surface area contributed by atoms with Crippen molar-refractivity contribution in [1.29, 1.82) is 0 Å². The predicted octanol–water partition coefficient (Wildman–Crippen LogP) is 2.28. The second-order valence-electron chi connectivity index (χ2n) is 3.70. The Kier molecular flexibility index (Phi) is 3.85. The van der Waals surface area contributed by atoms with Crippen molar-refractivity contribution in [3.63, 3.8) is 0 Å². The third kappa shape index (κ3) is 3.02. The van der Waals surface area contributed by atoms with E-state index in [-0.39, 0.29) is 12.2 Å². The lowest BCUT2D eigenvalue weighted by molar-refractivity contribution is -0.255. The van der Waals surface area contributed by atoms with Crippen molar-refractivity contribution in [3.05, 3.63) is 64.7 Å². The molecule has 2 aromatic carbocycles. The highest BCUT2D eigenvalue weighted by atomic mass is 35.5. The van der Waals surface area contributed by atoms with Gasteiger partial charge in [0.2, 0.25) is 0 Å². The number of carboxylic acids is 1. The number of hydrogen-bond donors (Lipinski definition) is 0. The number of ether oxygens (including phenoxy) is 1. The van der Waals surface area contributed by atoms with E-state index in [1.807, 2.05) is 12.1 Å². The summed E-state index contributed by atoms with van der Waals surface area (Å²) >= 11 is 5.77. The van der Waals surface area contributed by atoms with Gasteiger partial charge < -0.3 is 14.6 Å². The fourth-order valence-electron chi connectivity index (χ4n) is 1.50. The maximum Gasteiger partial charge on any atom is 0.128 e. The Balaban J connectivity index is 2.10. The van der Waals surface area contributed by atoms with Crippen molar-refractivity contribution in [3.8, 4) is 5.75 Å². The minimum atomic E-state index is -1.25. The van der Waals surface area contributed by atoms with Crippen LogP contribution in [0.1, 0.15) is 15.9 Å². The molecule has 3 nitrogen and oxygen atoms in total. The van der Waals surface area contributed by atoms with Crippen LogP contribution >= 0.6 is 11.6 Å². The van der Waals surface area contributed by atoms with E-state index >= 15 is 0 Å². The Morgan fingerprint density at radius 2 is 1.78 bits per heavy atom. The molecule has 0 aromatic heterocycles. The Morgan fingerprint density at radius 1 is 1.11 bits per heavy atom. The molecule has 92 valence electrons. The summed E-state index contributed by atoms with van der Waals surface area (Å²) in [6.45, 7) is 0.279. The Labute approximate surface area is 110 Å². The van der Waals surface area contributed by atoms with Gasteiger partial charge in [-0.25, -0.2) is 0 Å². The lowest BCUT2D eigenvalue weighted by atomic mass is 10.2. The molecule has 0 heterocycles. The highest BCUT2D eigenvalue weighted by molar-refractivity contribution is 6.30. The SMILES string of the molecule is O=C([O-])c1ccccc1OCc1ccc(Cl)cc1. The predicted molar refractivity (Wildman–Crippen MR) is 66.6 cm³/mol. The van der Waals surface area contributed by atoms with Gasteiger partial charge in [0.15, 0.2) is 0 Å². The molecular formula is C14H10ClO3-.